The molecule has 2 heteroatoms. The minimum Gasteiger partial charge on any atom is -0.319 e. The molecule has 2 nitrogen and oxygen atoms in total. The SMILES string of the molecule is CCCC(C)(N)C(=O)C1CCCC(C)C1. The fourth-order valence-electron chi connectivity index (χ4n) is 2.78. The minimum atomic E-state index is -0.587. The van der Waals surface area contributed by atoms with E-state index in [1.165, 1.54) is 12.8 Å². The van der Waals surface area contributed by atoms with Crippen LogP contribution < -0.4 is 5.73 Å². The monoisotopic (exact) mass is 211 g/mol. The van der Waals surface area contributed by atoms with Gasteiger partial charge in [0.15, 0.2) is 5.78 Å². The number of rotatable bonds is 4. The van der Waals surface area contributed by atoms with Gasteiger partial charge >= 0.3 is 0 Å². The van der Waals surface area contributed by atoms with Crippen molar-refractivity contribution in [3.05, 3.63) is 0 Å². The van der Waals surface area contributed by atoms with Crippen LogP contribution in [0.2, 0.25) is 0 Å². The fraction of sp³-hybridized carbons (Fsp3) is 0.923. The largest absolute Gasteiger partial charge is 0.319 e. The molecule has 3 atom stereocenters. The highest BCUT2D eigenvalue weighted by molar-refractivity contribution is 5.89. The fourth-order valence-corrected chi connectivity index (χ4v) is 2.78. The molecule has 0 aromatic rings. The van der Waals surface area contributed by atoms with Crippen LogP contribution in [0.15, 0.2) is 0 Å². The lowest BCUT2D eigenvalue weighted by Crippen LogP contribution is -2.48. The minimum absolute atomic E-state index is 0.232. The Bertz CT molecular complexity index is 223. The van der Waals surface area contributed by atoms with E-state index in [9.17, 15) is 4.79 Å². The van der Waals surface area contributed by atoms with Gasteiger partial charge in [0.25, 0.3) is 0 Å². The summed E-state index contributed by atoms with van der Waals surface area (Å²) in [6.45, 7) is 6.23. The molecule has 0 radical (unpaired) electrons. The summed E-state index contributed by atoms with van der Waals surface area (Å²) in [6, 6.07) is 0. The zero-order valence-electron chi connectivity index (χ0n) is 10.4. The van der Waals surface area contributed by atoms with E-state index >= 15 is 0 Å². The van der Waals surface area contributed by atoms with Crippen LogP contribution in [-0.2, 0) is 4.79 Å². The predicted octanol–water partition coefficient (Wildman–Crippen LogP) is 2.90. The predicted molar refractivity (Wildman–Crippen MR) is 63.6 cm³/mol. The molecule has 0 aliphatic heterocycles. The number of Topliss-reactive ketones (excluding diaryl/α,β-unsaturated/α-hetero) is 1. The van der Waals surface area contributed by atoms with Crippen LogP contribution in [0.3, 0.4) is 0 Å². The standard InChI is InChI=1S/C13H25NO/c1-4-8-13(3,14)12(15)11-7-5-6-10(2)9-11/h10-11H,4-9,14H2,1-3H3. The van der Waals surface area contributed by atoms with Crippen LogP contribution in [0.5, 0.6) is 0 Å². The van der Waals surface area contributed by atoms with Gasteiger partial charge in [-0.1, -0.05) is 33.1 Å². The van der Waals surface area contributed by atoms with Crippen LogP contribution in [-0.4, -0.2) is 11.3 Å². The highest BCUT2D eigenvalue weighted by Gasteiger charge is 2.35. The van der Waals surface area contributed by atoms with Crippen molar-refractivity contribution in [1.82, 2.24) is 0 Å². The second kappa shape index (κ2) is 5.11. The molecule has 0 bridgehead atoms. The highest BCUT2D eigenvalue weighted by atomic mass is 16.1. The van der Waals surface area contributed by atoms with E-state index < -0.39 is 5.54 Å². The number of hydrogen-bond acceptors (Lipinski definition) is 2. The molecule has 88 valence electrons. The second-order valence-corrected chi connectivity index (χ2v) is 5.50. The van der Waals surface area contributed by atoms with Gasteiger partial charge in [-0.2, -0.15) is 0 Å². The van der Waals surface area contributed by atoms with Crippen LogP contribution in [0.1, 0.15) is 59.3 Å². The molecular weight excluding hydrogens is 186 g/mol. The van der Waals surface area contributed by atoms with Gasteiger partial charge in [0.05, 0.1) is 5.54 Å². The Kier molecular flexibility index (Phi) is 4.32. The van der Waals surface area contributed by atoms with Gasteiger partial charge in [-0.15, -0.1) is 0 Å². The molecule has 1 aliphatic rings. The van der Waals surface area contributed by atoms with Crippen LogP contribution >= 0.6 is 0 Å². The lowest BCUT2D eigenvalue weighted by atomic mass is 9.74. The average Bonchev–Trinajstić information content (AvgIpc) is 2.16. The molecule has 0 aromatic carbocycles. The van der Waals surface area contributed by atoms with Gasteiger partial charge in [-0.3, -0.25) is 4.79 Å². The van der Waals surface area contributed by atoms with Gasteiger partial charge < -0.3 is 5.73 Å². The molecule has 1 fully saturated rings. The molecule has 0 amide bonds. The van der Waals surface area contributed by atoms with Crippen molar-refractivity contribution in [2.24, 2.45) is 17.6 Å². The number of carbonyl (C=O) groups is 1. The number of nitrogens with two attached hydrogens (primary N) is 1. The Morgan fingerprint density at radius 1 is 1.47 bits per heavy atom. The van der Waals surface area contributed by atoms with Gasteiger partial charge in [0, 0.05) is 5.92 Å². The van der Waals surface area contributed by atoms with Crippen molar-refractivity contribution in [2.45, 2.75) is 64.8 Å². The lowest BCUT2D eigenvalue weighted by Gasteiger charge is -2.32. The molecule has 15 heavy (non-hydrogen) atoms. The van der Waals surface area contributed by atoms with Crippen molar-refractivity contribution in [1.29, 1.82) is 0 Å². The molecule has 3 unspecified atom stereocenters. The van der Waals surface area contributed by atoms with Crippen molar-refractivity contribution < 1.29 is 4.79 Å². The normalized spacial score (nSPS) is 30.9. The zero-order chi connectivity index (χ0) is 11.5. The molecule has 1 rings (SSSR count). The molecule has 1 aliphatic carbocycles. The summed E-state index contributed by atoms with van der Waals surface area (Å²) in [5.74, 6) is 1.23. The molecule has 1 saturated carbocycles. The number of carbonyl (C=O) groups excluding carboxylic acids is 1. The molecule has 0 aromatic heterocycles. The van der Waals surface area contributed by atoms with Crippen molar-refractivity contribution in [3.8, 4) is 0 Å². The van der Waals surface area contributed by atoms with Crippen molar-refractivity contribution >= 4 is 5.78 Å². The third-order valence-corrected chi connectivity index (χ3v) is 3.64. The maximum absolute atomic E-state index is 12.2. The summed E-state index contributed by atoms with van der Waals surface area (Å²) in [7, 11) is 0. The Morgan fingerprint density at radius 2 is 2.13 bits per heavy atom. The quantitative estimate of drug-likeness (QED) is 0.777. The Labute approximate surface area is 93.6 Å². The maximum Gasteiger partial charge on any atom is 0.155 e. The summed E-state index contributed by atoms with van der Waals surface area (Å²) in [5.41, 5.74) is 5.51. The molecule has 0 spiro atoms. The first-order valence-electron chi connectivity index (χ1n) is 6.30. The Balaban J connectivity index is 2.58. The van der Waals surface area contributed by atoms with Crippen LogP contribution in [0.25, 0.3) is 0 Å². The summed E-state index contributed by atoms with van der Waals surface area (Å²) < 4.78 is 0. The van der Waals surface area contributed by atoms with E-state index in [0.29, 0.717) is 11.7 Å². The first kappa shape index (κ1) is 12.7. The Morgan fingerprint density at radius 3 is 2.67 bits per heavy atom. The van der Waals surface area contributed by atoms with Crippen molar-refractivity contribution in [3.63, 3.8) is 0 Å². The van der Waals surface area contributed by atoms with Gasteiger partial charge in [0.2, 0.25) is 0 Å². The van der Waals surface area contributed by atoms with Crippen molar-refractivity contribution in [2.75, 3.05) is 0 Å². The topological polar surface area (TPSA) is 43.1 Å². The van der Waals surface area contributed by atoms with E-state index in [4.69, 9.17) is 5.73 Å². The summed E-state index contributed by atoms with van der Waals surface area (Å²) in [4.78, 5) is 12.2. The zero-order valence-corrected chi connectivity index (χ0v) is 10.4. The first-order valence-corrected chi connectivity index (χ1v) is 6.30. The molecule has 0 saturated heterocycles. The van der Waals surface area contributed by atoms with E-state index in [1.807, 2.05) is 6.92 Å². The highest BCUT2D eigenvalue weighted by Crippen LogP contribution is 2.32. The van der Waals surface area contributed by atoms with E-state index in [1.54, 1.807) is 0 Å². The first-order chi connectivity index (χ1) is 6.97. The van der Waals surface area contributed by atoms with Gasteiger partial charge in [0.1, 0.15) is 0 Å². The average molecular weight is 211 g/mol. The Hall–Kier alpha value is -0.370. The third kappa shape index (κ3) is 3.30. The van der Waals surface area contributed by atoms with Crippen LogP contribution in [0, 0.1) is 11.8 Å². The lowest BCUT2D eigenvalue weighted by molar-refractivity contribution is -0.129. The summed E-state index contributed by atoms with van der Waals surface area (Å²) in [5, 5.41) is 0. The molecular formula is C13H25NO. The van der Waals surface area contributed by atoms with Gasteiger partial charge in [-0.05, 0) is 32.1 Å². The second-order valence-electron chi connectivity index (χ2n) is 5.50. The molecule has 2 N–H and O–H groups in total. The van der Waals surface area contributed by atoms with E-state index in [2.05, 4.69) is 13.8 Å². The maximum atomic E-state index is 12.2. The number of ketones is 1. The number of hydrogen-bond donors (Lipinski definition) is 1. The smallest absolute Gasteiger partial charge is 0.155 e. The van der Waals surface area contributed by atoms with E-state index in [0.717, 1.165) is 25.7 Å². The third-order valence-electron chi connectivity index (χ3n) is 3.64. The van der Waals surface area contributed by atoms with E-state index in [-0.39, 0.29) is 5.92 Å². The summed E-state index contributed by atoms with van der Waals surface area (Å²) >= 11 is 0. The van der Waals surface area contributed by atoms with Gasteiger partial charge in [-0.25, -0.2) is 0 Å². The molecule has 0 heterocycles. The van der Waals surface area contributed by atoms with Crippen LogP contribution in [0.4, 0.5) is 0 Å². The summed E-state index contributed by atoms with van der Waals surface area (Å²) in [6.07, 6.45) is 6.38.